The van der Waals surface area contributed by atoms with Crippen molar-refractivity contribution in [2.75, 3.05) is 5.75 Å². The van der Waals surface area contributed by atoms with Gasteiger partial charge >= 0.3 is 5.97 Å². The van der Waals surface area contributed by atoms with Crippen LogP contribution >= 0.6 is 22.6 Å². The molecule has 0 unspecified atom stereocenters. The van der Waals surface area contributed by atoms with Crippen LogP contribution in [0.5, 0.6) is 0 Å². The first kappa shape index (κ1) is 15.2. The average molecular weight is 432 g/mol. The number of sulfone groups is 1. The predicted octanol–water partition coefficient (Wildman–Crippen LogP) is 0.793. The lowest BCUT2D eigenvalue weighted by Gasteiger charge is -2.44. The molecule has 7 nitrogen and oxygen atoms in total. The van der Waals surface area contributed by atoms with E-state index in [1.165, 1.54) is 12.3 Å². The lowest BCUT2D eigenvalue weighted by molar-refractivity contribution is -0.141. The Morgan fingerprint density at radius 1 is 1.45 bits per heavy atom. The Kier molecular flexibility index (Phi) is 3.56. The number of aliphatic carboxylic acids is 1. The highest BCUT2D eigenvalue weighted by atomic mass is 127. The van der Waals surface area contributed by atoms with Crippen molar-refractivity contribution < 1.29 is 23.1 Å². The van der Waals surface area contributed by atoms with Crippen LogP contribution in [0.1, 0.15) is 5.69 Å². The maximum atomic E-state index is 12.3. The summed E-state index contributed by atoms with van der Waals surface area (Å²) < 4.78 is 24.7. The topological polar surface area (TPSA) is 105 Å². The third-order valence-electron chi connectivity index (χ3n) is 3.33. The maximum Gasteiger partial charge on any atom is 0.353 e. The highest BCUT2D eigenvalue weighted by Crippen LogP contribution is 2.42. The summed E-state index contributed by atoms with van der Waals surface area (Å²) in [6, 6.07) is 5.04. The first-order valence-electron chi connectivity index (χ1n) is 6.12. The summed E-state index contributed by atoms with van der Waals surface area (Å²) in [5.41, 5.74) is 0.228. The third kappa shape index (κ3) is 2.24. The number of halogens is 1. The van der Waals surface area contributed by atoms with Crippen LogP contribution in [-0.2, 0) is 19.4 Å². The molecular weight excluding hydrogens is 423 g/mol. The van der Waals surface area contributed by atoms with Gasteiger partial charge in [-0.15, -0.1) is 0 Å². The van der Waals surface area contributed by atoms with Crippen molar-refractivity contribution in [3.63, 3.8) is 0 Å². The molecule has 1 aromatic heterocycles. The van der Waals surface area contributed by atoms with E-state index in [4.69, 9.17) is 0 Å². The summed E-state index contributed by atoms with van der Waals surface area (Å²) in [6.07, 6.45) is 2.91. The van der Waals surface area contributed by atoms with E-state index in [9.17, 15) is 23.1 Å². The molecule has 0 saturated carbocycles. The van der Waals surface area contributed by atoms with Crippen LogP contribution in [0.4, 0.5) is 0 Å². The minimum Gasteiger partial charge on any atom is -0.477 e. The number of pyridine rings is 1. The molecule has 0 spiro atoms. The number of β-lactam (4-membered cyclic amide) rings is 1. The van der Waals surface area contributed by atoms with E-state index in [1.807, 2.05) is 0 Å². The van der Waals surface area contributed by atoms with E-state index in [1.54, 1.807) is 40.8 Å². The van der Waals surface area contributed by atoms with Crippen molar-refractivity contribution in [3.8, 4) is 0 Å². The second-order valence-electron chi connectivity index (χ2n) is 4.75. The monoisotopic (exact) mass is 432 g/mol. The number of hydrogen-bond donors (Lipinski definition) is 1. The smallest absolute Gasteiger partial charge is 0.353 e. The summed E-state index contributed by atoms with van der Waals surface area (Å²) in [7, 11) is -3.66. The van der Waals surface area contributed by atoms with E-state index >= 15 is 0 Å². The van der Waals surface area contributed by atoms with E-state index in [-0.39, 0.29) is 20.6 Å². The highest BCUT2D eigenvalue weighted by Gasteiger charge is 2.56. The van der Waals surface area contributed by atoms with Crippen molar-refractivity contribution >= 4 is 50.4 Å². The summed E-state index contributed by atoms with van der Waals surface area (Å²) in [4.78, 5) is 28.4. The second kappa shape index (κ2) is 5.16. The Morgan fingerprint density at radius 3 is 2.77 bits per heavy atom. The van der Waals surface area contributed by atoms with Crippen LogP contribution in [0.2, 0.25) is 0 Å². The van der Waals surface area contributed by atoms with Crippen molar-refractivity contribution in [1.82, 2.24) is 9.88 Å². The number of carboxylic acids is 1. The summed E-state index contributed by atoms with van der Waals surface area (Å²) in [5.74, 6) is -2.32. The van der Waals surface area contributed by atoms with Gasteiger partial charge in [-0.05, 0) is 40.8 Å². The van der Waals surface area contributed by atoms with Gasteiger partial charge < -0.3 is 5.11 Å². The molecule has 2 aliphatic rings. The van der Waals surface area contributed by atoms with Gasteiger partial charge in [0.05, 0.1) is 17.0 Å². The Balaban J connectivity index is 2.10. The van der Waals surface area contributed by atoms with Crippen molar-refractivity contribution in [1.29, 1.82) is 0 Å². The number of carbonyl (C=O) groups excluding carboxylic acids is 1. The highest BCUT2D eigenvalue weighted by molar-refractivity contribution is 14.1. The Morgan fingerprint density at radius 2 is 2.18 bits per heavy atom. The lowest BCUT2D eigenvalue weighted by Crippen LogP contribution is -2.61. The standard InChI is InChI=1S/C13H9IN2O5S/c14-9-6-22(20,21)12-8(5-7-3-1-2-4-15-7)11(17)16(12)10(9)13(18)19/h1-5,12H,6H2,(H,18,19)/t12-/m1/s1. The zero-order valence-electron chi connectivity index (χ0n) is 10.9. The molecule has 1 aromatic rings. The maximum absolute atomic E-state index is 12.3. The molecule has 0 aromatic carbocycles. The summed E-state index contributed by atoms with van der Waals surface area (Å²) in [5, 5.41) is 7.97. The van der Waals surface area contributed by atoms with Gasteiger partial charge in [0.15, 0.2) is 15.2 Å². The number of hydrogen-bond acceptors (Lipinski definition) is 5. The molecule has 3 heterocycles. The Bertz CT molecular complexity index is 844. The van der Waals surface area contributed by atoms with Gasteiger partial charge in [0.1, 0.15) is 5.70 Å². The van der Waals surface area contributed by atoms with Crippen LogP contribution in [0.15, 0.2) is 39.2 Å². The van der Waals surface area contributed by atoms with E-state index in [0.717, 1.165) is 4.90 Å². The molecule has 1 fully saturated rings. The number of rotatable bonds is 2. The van der Waals surface area contributed by atoms with Gasteiger partial charge in [0, 0.05) is 9.78 Å². The molecular formula is C13H9IN2O5S. The molecule has 22 heavy (non-hydrogen) atoms. The fourth-order valence-corrected chi connectivity index (χ4v) is 5.94. The van der Waals surface area contributed by atoms with E-state index < -0.39 is 27.1 Å². The molecule has 114 valence electrons. The van der Waals surface area contributed by atoms with Crippen LogP contribution in [0.3, 0.4) is 0 Å². The SMILES string of the molecule is O=C(O)C1=C(I)CS(=O)(=O)[C@@H]2C(=Cc3ccccn3)C(=O)N12. The molecule has 1 amide bonds. The van der Waals surface area contributed by atoms with Gasteiger partial charge in [-0.3, -0.25) is 14.7 Å². The third-order valence-corrected chi connectivity index (χ3v) is 6.57. The van der Waals surface area contributed by atoms with Crippen LogP contribution in [-0.4, -0.2) is 46.4 Å². The largest absolute Gasteiger partial charge is 0.477 e. The minimum atomic E-state index is -3.66. The minimum absolute atomic E-state index is 0.0429. The molecule has 0 aliphatic carbocycles. The fraction of sp³-hybridized carbons (Fsp3) is 0.154. The molecule has 0 radical (unpaired) electrons. The number of carbonyl (C=O) groups is 2. The fourth-order valence-electron chi connectivity index (χ4n) is 2.42. The van der Waals surface area contributed by atoms with E-state index in [0.29, 0.717) is 5.69 Å². The Hall–Kier alpha value is -1.75. The van der Waals surface area contributed by atoms with Gasteiger partial charge in [0.25, 0.3) is 5.91 Å². The van der Waals surface area contributed by atoms with Crippen molar-refractivity contribution in [2.24, 2.45) is 0 Å². The normalized spacial score (nSPS) is 25.0. The molecule has 1 N–H and O–H groups in total. The summed E-state index contributed by atoms with van der Waals surface area (Å²) in [6.45, 7) is 0. The quantitative estimate of drug-likeness (QED) is 0.421. The first-order chi connectivity index (χ1) is 10.3. The molecule has 1 saturated heterocycles. The molecule has 3 rings (SSSR count). The number of aromatic nitrogens is 1. The summed E-state index contributed by atoms with van der Waals surface area (Å²) >= 11 is 1.65. The Labute approximate surface area is 139 Å². The van der Waals surface area contributed by atoms with Gasteiger partial charge in [-0.25, -0.2) is 13.2 Å². The lowest BCUT2D eigenvalue weighted by atomic mass is 10.0. The van der Waals surface area contributed by atoms with Gasteiger partial charge in [-0.1, -0.05) is 6.07 Å². The average Bonchev–Trinajstić information content (AvgIpc) is 2.44. The van der Waals surface area contributed by atoms with Crippen molar-refractivity contribution in [3.05, 3.63) is 44.9 Å². The number of amides is 1. The zero-order valence-corrected chi connectivity index (χ0v) is 13.9. The molecule has 9 heteroatoms. The number of nitrogens with zero attached hydrogens (tertiary/aromatic N) is 2. The number of carboxylic acid groups (broad SMARTS) is 1. The predicted molar refractivity (Wildman–Crippen MR) is 85.3 cm³/mol. The first-order valence-corrected chi connectivity index (χ1v) is 8.92. The van der Waals surface area contributed by atoms with Crippen molar-refractivity contribution in [2.45, 2.75) is 5.37 Å². The molecule has 1 atom stereocenters. The van der Waals surface area contributed by atoms with Crippen LogP contribution < -0.4 is 0 Å². The number of fused-ring (bicyclic) bond motifs is 1. The van der Waals surface area contributed by atoms with E-state index in [2.05, 4.69) is 4.98 Å². The second-order valence-corrected chi connectivity index (χ2v) is 8.11. The van der Waals surface area contributed by atoms with Crippen LogP contribution in [0, 0.1) is 0 Å². The van der Waals surface area contributed by atoms with Gasteiger partial charge in [0.2, 0.25) is 0 Å². The zero-order chi connectivity index (χ0) is 16.1. The van der Waals surface area contributed by atoms with Gasteiger partial charge in [-0.2, -0.15) is 0 Å². The van der Waals surface area contributed by atoms with Crippen LogP contribution in [0.25, 0.3) is 6.08 Å². The molecule has 0 bridgehead atoms. The molecule has 2 aliphatic heterocycles.